The maximum atomic E-state index is 13.0. The number of nitrogens with one attached hydrogen (secondary N) is 2. The highest BCUT2D eigenvalue weighted by atomic mass is 16.5. The first-order valence-electron chi connectivity index (χ1n) is 11.7. The van der Waals surface area contributed by atoms with E-state index in [9.17, 15) is 24.6 Å². The van der Waals surface area contributed by atoms with Crippen molar-refractivity contribution < 1.29 is 34.1 Å². The van der Waals surface area contributed by atoms with Crippen molar-refractivity contribution in [2.24, 2.45) is 5.41 Å². The van der Waals surface area contributed by atoms with Gasteiger partial charge in [0.25, 0.3) is 0 Å². The number of ether oxygens (including phenoxy) is 2. The lowest BCUT2D eigenvalue weighted by atomic mass is 9.81. The van der Waals surface area contributed by atoms with Gasteiger partial charge in [0.2, 0.25) is 5.91 Å². The lowest BCUT2D eigenvalue weighted by Gasteiger charge is -2.36. The van der Waals surface area contributed by atoms with Crippen LogP contribution in [0.5, 0.6) is 0 Å². The van der Waals surface area contributed by atoms with Crippen molar-refractivity contribution >= 4 is 18.0 Å². The molecule has 2 aliphatic rings. The van der Waals surface area contributed by atoms with Crippen LogP contribution < -0.4 is 10.6 Å². The highest BCUT2D eigenvalue weighted by molar-refractivity contribution is 5.88. The molecule has 4 N–H and O–H groups in total. The molecule has 1 heterocycles. The third kappa shape index (κ3) is 5.16. The Morgan fingerprint density at radius 3 is 2.29 bits per heavy atom. The summed E-state index contributed by atoms with van der Waals surface area (Å²) in [4.78, 5) is 37.1. The van der Waals surface area contributed by atoms with Gasteiger partial charge in [-0.05, 0) is 42.0 Å². The van der Waals surface area contributed by atoms with Crippen molar-refractivity contribution in [2.75, 3.05) is 26.4 Å². The molecule has 9 nitrogen and oxygen atoms in total. The van der Waals surface area contributed by atoms with Gasteiger partial charge in [0.05, 0.1) is 18.1 Å². The molecule has 3 unspecified atom stereocenters. The summed E-state index contributed by atoms with van der Waals surface area (Å²) in [5.74, 6) is -2.03. The van der Waals surface area contributed by atoms with Gasteiger partial charge in [-0.25, -0.2) is 9.59 Å². The van der Waals surface area contributed by atoms with E-state index in [4.69, 9.17) is 9.47 Å². The van der Waals surface area contributed by atoms with Crippen molar-refractivity contribution in [3.63, 3.8) is 0 Å². The second-order valence-electron chi connectivity index (χ2n) is 9.15. The second kappa shape index (κ2) is 10.5. The number of aliphatic hydroxyl groups excluding tert-OH is 1. The number of rotatable bonds is 8. The molecule has 1 saturated heterocycles. The maximum Gasteiger partial charge on any atom is 0.407 e. The molecule has 9 heteroatoms. The molecule has 35 heavy (non-hydrogen) atoms. The van der Waals surface area contributed by atoms with Gasteiger partial charge in [0.1, 0.15) is 6.61 Å². The average Bonchev–Trinajstić information content (AvgIpc) is 3.18. The Labute approximate surface area is 203 Å². The average molecular weight is 483 g/mol. The van der Waals surface area contributed by atoms with Crippen LogP contribution in [0.15, 0.2) is 48.5 Å². The predicted molar refractivity (Wildman–Crippen MR) is 127 cm³/mol. The van der Waals surface area contributed by atoms with Crippen molar-refractivity contribution in [3.8, 4) is 11.1 Å². The summed E-state index contributed by atoms with van der Waals surface area (Å²) >= 11 is 0. The molecule has 0 spiro atoms. The van der Waals surface area contributed by atoms with Gasteiger partial charge in [-0.1, -0.05) is 48.5 Å². The first-order valence-corrected chi connectivity index (χ1v) is 11.7. The third-order valence-electron chi connectivity index (χ3n) is 6.75. The number of carbonyl (C=O) groups is 3. The van der Waals surface area contributed by atoms with Crippen molar-refractivity contribution in [2.45, 2.75) is 37.8 Å². The molecule has 4 rings (SSSR count). The summed E-state index contributed by atoms with van der Waals surface area (Å²) < 4.78 is 11.1. The number of alkyl carbamates (subject to hydrolysis) is 1. The maximum absolute atomic E-state index is 13.0. The summed E-state index contributed by atoms with van der Waals surface area (Å²) in [7, 11) is 0. The lowest BCUT2D eigenvalue weighted by molar-refractivity contribution is -0.149. The topological polar surface area (TPSA) is 134 Å². The monoisotopic (exact) mass is 482 g/mol. The smallest absolute Gasteiger partial charge is 0.407 e. The van der Waals surface area contributed by atoms with E-state index in [-0.39, 0.29) is 25.7 Å². The van der Waals surface area contributed by atoms with E-state index in [1.807, 2.05) is 36.4 Å². The molecular weight excluding hydrogens is 452 g/mol. The molecule has 0 bridgehead atoms. The fourth-order valence-corrected chi connectivity index (χ4v) is 4.82. The molecule has 2 amide bonds. The first kappa shape index (κ1) is 24.7. The van der Waals surface area contributed by atoms with E-state index in [0.717, 1.165) is 22.3 Å². The summed E-state index contributed by atoms with van der Waals surface area (Å²) in [6.45, 7) is 1.84. The molecule has 0 aromatic heterocycles. The third-order valence-corrected chi connectivity index (χ3v) is 6.75. The normalized spacial score (nSPS) is 20.7. The Morgan fingerprint density at radius 1 is 1.11 bits per heavy atom. The lowest BCUT2D eigenvalue weighted by Crippen LogP contribution is -2.58. The van der Waals surface area contributed by atoms with Crippen molar-refractivity contribution in [3.05, 3.63) is 59.7 Å². The number of amides is 2. The number of hydrogen-bond acceptors (Lipinski definition) is 6. The fraction of sp³-hybridized carbons (Fsp3) is 0.423. The van der Waals surface area contributed by atoms with E-state index < -0.39 is 35.5 Å². The Morgan fingerprint density at radius 2 is 1.74 bits per heavy atom. The van der Waals surface area contributed by atoms with Gasteiger partial charge in [-0.3, -0.25) is 4.79 Å². The number of fused-ring (bicyclic) bond motifs is 3. The van der Waals surface area contributed by atoms with Gasteiger partial charge in [0, 0.05) is 19.1 Å². The van der Waals surface area contributed by atoms with E-state index >= 15 is 0 Å². The van der Waals surface area contributed by atoms with E-state index in [0.29, 0.717) is 19.4 Å². The minimum Gasteiger partial charge on any atom is -0.480 e. The van der Waals surface area contributed by atoms with E-state index in [1.54, 1.807) is 0 Å². The molecule has 0 saturated carbocycles. The second-order valence-corrected chi connectivity index (χ2v) is 9.15. The van der Waals surface area contributed by atoms with Crippen LogP contribution in [0, 0.1) is 5.41 Å². The highest BCUT2D eigenvalue weighted by Gasteiger charge is 2.43. The van der Waals surface area contributed by atoms with Gasteiger partial charge < -0.3 is 30.3 Å². The standard InChI is InChI=1S/C26H30N2O7/c1-16(29)22(23(30)31)28-24(32)26(11-6-12-34-15-26)14-27-25(33)35-13-21-19-9-4-2-7-17(19)18-8-3-5-10-20(18)21/h2-5,7-10,16,21-22,29H,6,11-15H2,1H3,(H,27,33)(H,28,32)(H,30,31). The number of carboxylic acids is 1. The molecule has 186 valence electrons. The quantitative estimate of drug-likeness (QED) is 0.453. The number of aliphatic hydroxyl groups is 1. The Kier molecular flexibility index (Phi) is 7.37. The van der Waals surface area contributed by atoms with Crippen molar-refractivity contribution in [1.29, 1.82) is 0 Å². The number of aliphatic carboxylic acids is 1. The van der Waals surface area contributed by atoms with Gasteiger partial charge in [-0.15, -0.1) is 0 Å². The van der Waals surface area contributed by atoms with Crippen LogP contribution in [0.25, 0.3) is 11.1 Å². The zero-order valence-corrected chi connectivity index (χ0v) is 19.5. The molecule has 1 fully saturated rings. The van der Waals surface area contributed by atoms with Gasteiger partial charge >= 0.3 is 12.1 Å². The Balaban J connectivity index is 1.40. The van der Waals surface area contributed by atoms with Gasteiger partial charge in [-0.2, -0.15) is 0 Å². The van der Waals surface area contributed by atoms with Crippen LogP contribution >= 0.6 is 0 Å². The van der Waals surface area contributed by atoms with Crippen LogP contribution in [-0.4, -0.2) is 66.7 Å². The number of hydrogen-bond donors (Lipinski definition) is 4. The Hall–Kier alpha value is -3.43. The number of carboxylic acid groups (broad SMARTS) is 1. The molecule has 2 aromatic carbocycles. The minimum absolute atomic E-state index is 0.0225. The van der Waals surface area contributed by atoms with Crippen LogP contribution in [-0.2, 0) is 19.1 Å². The predicted octanol–water partition coefficient (Wildman–Crippen LogP) is 2.27. The Bertz CT molecular complexity index is 1050. The molecule has 1 aliphatic carbocycles. The van der Waals surface area contributed by atoms with Crippen LogP contribution in [0.1, 0.15) is 36.8 Å². The SMILES string of the molecule is CC(O)C(NC(=O)C1(CNC(=O)OCC2c3ccccc3-c3ccccc32)CCCOC1)C(=O)O. The van der Waals surface area contributed by atoms with Crippen LogP contribution in [0.4, 0.5) is 4.79 Å². The van der Waals surface area contributed by atoms with Crippen molar-refractivity contribution in [1.82, 2.24) is 10.6 Å². The first-order chi connectivity index (χ1) is 16.8. The molecular formula is C26H30N2O7. The van der Waals surface area contributed by atoms with Gasteiger partial charge in [0.15, 0.2) is 6.04 Å². The molecule has 2 aromatic rings. The van der Waals surface area contributed by atoms with E-state index in [2.05, 4.69) is 22.8 Å². The zero-order valence-electron chi connectivity index (χ0n) is 19.5. The summed E-state index contributed by atoms with van der Waals surface area (Å²) in [6.07, 6.45) is -0.982. The minimum atomic E-state index is -1.46. The largest absolute Gasteiger partial charge is 0.480 e. The molecule has 0 radical (unpaired) electrons. The number of carbonyl (C=O) groups excluding carboxylic acids is 2. The summed E-state index contributed by atoms with van der Waals surface area (Å²) in [5.41, 5.74) is 3.27. The van der Waals surface area contributed by atoms with Crippen LogP contribution in [0.2, 0.25) is 0 Å². The summed E-state index contributed by atoms with van der Waals surface area (Å²) in [6, 6.07) is 14.6. The zero-order chi connectivity index (χ0) is 25.0. The highest BCUT2D eigenvalue weighted by Crippen LogP contribution is 2.44. The molecule has 3 atom stereocenters. The molecule has 1 aliphatic heterocycles. The van der Waals surface area contributed by atoms with E-state index in [1.165, 1.54) is 6.92 Å². The van der Waals surface area contributed by atoms with Crippen LogP contribution in [0.3, 0.4) is 0 Å². The number of benzene rings is 2. The fourth-order valence-electron chi connectivity index (χ4n) is 4.82. The summed E-state index contributed by atoms with van der Waals surface area (Å²) in [5, 5.41) is 24.1.